The number of rotatable bonds is 7. The van der Waals surface area contributed by atoms with Crippen molar-refractivity contribution in [2.24, 2.45) is 0 Å². The molecule has 1 aliphatic heterocycles. The third-order valence-corrected chi connectivity index (χ3v) is 5.51. The van der Waals surface area contributed by atoms with Crippen LogP contribution in [0.3, 0.4) is 0 Å². The first kappa shape index (κ1) is 19.3. The molecule has 5 nitrogen and oxygen atoms in total. The second kappa shape index (κ2) is 8.53. The Morgan fingerprint density at radius 1 is 1.14 bits per heavy atom. The van der Waals surface area contributed by atoms with Gasteiger partial charge in [0.1, 0.15) is 5.76 Å². The maximum Gasteiger partial charge on any atom is 0.255 e. The molecule has 0 fully saturated rings. The van der Waals surface area contributed by atoms with Crippen molar-refractivity contribution in [1.29, 1.82) is 0 Å². The topological polar surface area (TPSA) is 54.7 Å². The number of carbonyl (C=O) groups is 1. The lowest BCUT2D eigenvalue weighted by Gasteiger charge is -2.24. The molecule has 1 amide bonds. The predicted octanol–water partition coefficient (Wildman–Crippen LogP) is 4.31. The zero-order chi connectivity index (χ0) is 20.2. The molecule has 0 aliphatic carbocycles. The van der Waals surface area contributed by atoms with Gasteiger partial charge in [-0.25, -0.2) is 0 Å². The van der Waals surface area contributed by atoms with E-state index in [1.165, 1.54) is 11.3 Å². The highest BCUT2D eigenvalue weighted by Crippen LogP contribution is 2.33. The van der Waals surface area contributed by atoms with E-state index >= 15 is 0 Å². The van der Waals surface area contributed by atoms with Crippen LogP contribution in [0.4, 0.5) is 5.69 Å². The van der Waals surface area contributed by atoms with Crippen LogP contribution in [0.2, 0.25) is 0 Å². The number of hydrogen-bond acceptors (Lipinski definition) is 4. The molecule has 5 heteroatoms. The van der Waals surface area contributed by atoms with Crippen molar-refractivity contribution in [2.75, 3.05) is 12.0 Å². The van der Waals surface area contributed by atoms with E-state index in [-0.39, 0.29) is 5.91 Å². The highest BCUT2D eigenvalue weighted by atomic mass is 16.5. The summed E-state index contributed by atoms with van der Waals surface area (Å²) in [5.41, 5.74) is 5.27. The zero-order valence-corrected chi connectivity index (χ0v) is 16.9. The van der Waals surface area contributed by atoms with Gasteiger partial charge >= 0.3 is 0 Å². The molecular weight excluding hydrogens is 364 g/mol. The number of fused-ring (bicyclic) bond motifs is 1. The molecule has 1 unspecified atom stereocenters. The molecule has 0 bridgehead atoms. The Labute approximate surface area is 171 Å². The molecule has 1 aromatic heterocycles. The minimum atomic E-state index is -0.124. The Morgan fingerprint density at radius 2 is 1.90 bits per heavy atom. The molecule has 29 heavy (non-hydrogen) atoms. The summed E-state index contributed by atoms with van der Waals surface area (Å²) in [5.74, 6) is 0.567. The van der Waals surface area contributed by atoms with Crippen molar-refractivity contribution in [2.45, 2.75) is 39.1 Å². The first-order valence-electron chi connectivity index (χ1n) is 9.92. The van der Waals surface area contributed by atoms with Crippen molar-refractivity contribution in [3.8, 4) is 0 Å². The van der Waals surface area contributed by atoms with Gasteiger partial charge < -0.3 is 19.4 Å². The third kappa shape index (κ3) is 4.05. The highest BCUT2D eigenvalue weighted by molar-refractivity contribution is 5.95. The normalized spacial score (nSPS) is 15.4. The molecule has 1 N–H and O–H groups in total. The maximum absolute atomic E-state index is 12.8. The van der Waals surface area contributed by atoms with Gasteiger partial charge in [0.15, 0.2) is 0 Å². The first-order valence-corrected chi connectivity index (χ1v) is 9.92. The highest BCUT2D eigenvalue weighted by Gasteiger charge is 2.28. The molecule has 150 valence electrons. The van der Waals surface area contributed by atoms with Gasteiger partial charge in [-0.05, 0) is 42.2 Å². The maximum atomic E-state index is 12.8. The average molecular weight is 390 g/mol. The SMILES string of the molecule is COCc1ccccc1CNC(=O)c1ccoc1CN1c2ccccc2CC1C. The van der Waals surface area contributed by atoms with Crippen LogP contribution in [0.5, 0.6) is 0 Å². The van der Waals surface area contributed by atoms with Gasteiger partial charge in [-0.1, -0.05) is 42.5 Å². The second-order valence-electron chi connectivity index (χ2n) is 7.45. The van der Waals surface area contributed by atoms with E-state index in [4.69, 9.17) is 9.15 Å². The number of amides is 1. The summed E-state index contributed by atoms with van der Waals surface area (Å²) in [4.78, 5) is 15.2. The number of para-hydroxylation sites is 1. The van der Waals surface area contributed by atoms with Crippen LogP contribution in [-0.4, -0.2) is 19.1 Å². The van der Waals surface area contributed by atoms with Crippen molar-refractivity contribution in [3.63, 3.8) is 0 Å². The Bertz CT molecular complexity index is 995. The monoisotopic (exact) mass is 390 g/mol. The van der Waals surface area contributed by atoms with Crippen LogP contribution in [0.25, 0.3) is 0 Å². The van der Waals surface area contributed by atoms with Crippen LogP contribution < -0.4 is 10.2 Å². The molecular formula is C24H26N2O3. The Morgan fingerprint density at radius 3 is 2.72 bits per heavy atom. The van der Waals surface area contributed by atoms with Crippen LogP contribution in [-0.2, 0) is 30.9 Å². The van der Waals surface area contributed by atoms with Crippen LogP contribution in [0.15, 0.2) is 65.3 Å². The number of anilines is 1. The van der Waals surface area contributed by atoms with Gasteiger partial charge in [0, 0.05) is 25.4 Å². The molecule has 0 spiro atoms. The molecule has 0 saturated heterocycles. The second-order valence-corrected chi connectivity index (χ2v) is 7.45. The smallest absolute Gasteiger partial charge is 0.255 e. The number of methoxy groups -OCH3 is 1. The van der Waals surface area contributed by atoms with E-state index < -0.39 is 0 Å². The quantitative estimate of drug-likeness (QED) is 0.653. The average Bonchev–Trinajstić information content (AvgIpc) is 3.32. The van der Waals surface area contributed by atoms with Crippen molar-refractivity contribution in [3.05, 3.63) is 88.9 Å². The number of carbonyl (C=O) groups excluding carboxylic acids is 1. The van der Waals surface area contributed by atoms with Gasteiger partial charge in [-0.15, -0.1) is 0 Å². The Hall–Kier alpha value is -3.05. The van der Waals surface area contributed by atoms with E-state index in [0.717, 1.165) is 17.5 Å². The van der Waals surface area contributed by atoms with Gasteiger partial charge in [-0.3, -0.25) is 4.79 Å². The number of furan rings is 1. The zero-order valence-electron chi connectivity index (χ0n) is 16.9. The van der Waals surface area contributed by atoms with E-state index in [0.29, 0.717) is 37.1 Å². The summed E-state index contributed by atoms with van der Waals surface area (Å²) in [5, 5.41) is 3.02. The number of nitrogens with one attached hydrogen (secondary N) is 1. The summed E-state index contributed by atoms with van der Waals surface area (Å²) in [6.07, 6.45) is 2.60. The van der Waals surface area contributed by atoms with Crippen molar-refractivity contribution in [1.82, 2.24) is 5.32 Å². The molecule has 0 saturated carbocycles. The summed E-state index contributed by atoms with van der Waals surface area (Å²) >= 11 is 0. The molecule has 4 rings (SSSR count). The van der Waals surface area contributed by atoms with E-state index in [9.17, 15) is 4.79 Å². The number of ether oxygens (including phenoxy) is 1. The molecule has 2 aromatic carbocycles. The summed E-state index contributed by atoms with van der Waals surface area (Å²) < 4.78 is 10.9. The number of hydrogen-bond donors (Lipinski definition) is 1. The van der Waals surface area contributed by atoms with Gasteiger partial charge in [0.25, 0.3) is 5.91 Å². The summed E-state index contributed by atoms with van der Waals surface area (Å²) in [7, 11) is 1.67. The van der Waals surface area contributed by atoms with E-state index in [2.05, 4.69) is 41.4 Å². The summed E-state index contributed by atoms with van der Waals surface area (Å²) in [6.45, 7) is 3.75. The molecule has 0 radical (unpaired) electrons. The minimum Gasteiger partial charge on any atom is -0.467 e. The fourth-order valence-corrected chi connectivity index (χ4v) is 3.99. The minimum absolute atomic E-state index is 0.124. The van der Waals surface area contributed by atoms with Gasteiger partial charge in [0.05, 0.1) is 25.0 Å². The van der Waals surface area contributed by atoms with Gasteiger partial charge in [0.2, 0.25) is 0 Å². The first-order chi connectivity index (χ1) is 14.2. The largest absolute Gasteiger partial charge is 0.467 e. The lowest BCUT2D eigenvalue weighted by molar-refractivity contribution is 0.0948. The Balaban J connectivity index is 1.46. The molecule has 2 heterocycles. The fourth-order valence-electron chi connectivity index (χ4n) is 3.99. The standard InChI is InChI=1S/C24H26N2O3/c1-17-13-18-7-5-6-10-22(18)26(17)15-23-21(11-12-29-23)24(27)25-14-19-8-3-4-9-20(19)16-28-2/h3-12,17H,13-16H2,1-2H3,(H,25,27). The van der Waals surface area contributed by atoms with Gasteiger partial charge in [-0.2, -0.15) is 0 Å². The molecule has 1 atom stereocenters. The van der Waals surface area contributed by atoms with Crippen molar-refractivity contribution >= 4 is 11.6 Å². The number of nitrogens with zero attached hydrogens (tertiary/aromatic N) is 1. The van der Waals surface area contributed by atoms with Crippen LogP contribution in [0, 0.1) is 0 Å². The van der Waals surface area contributed by atoms with Crippen LogP contribution >= 0.6 is 0 Å². The fraction of sp³-hybridized carbons (Fsp3) is 0.292. The molecule has 3 aromatic rings. The third-order valence-electron chi connectivity index (χ3n) is 5.51. The Kier molecular flexibility index (Phi) is 5.67. The van der Waals surface area contributed by atoms with E-state index in [1.807, 2.05) is 24.3 Å². The lowest BCUT2D eigenvalue weighted by atomic mass is 10.1. The van der Waals surface area contributed by atoms with Crippen molar-refractivity contribution < 1.29 is 13.9 Å². The predicted molar refractivity (Wildman–Crippen MR) is 113 cm³/mol. The lowest BCUT2D eigenvalue weighted by Crippen LogP contribution is -2.30. The number of benzene rings is 2. The summed E-state index contributed by atoms with van der Waals surface area (Å²) in [6, 6.07) is 18.5. The molecule has 1 aliphatic rings. The van der Waals surface area contributed by atoms with Crippen LogP contribution in [0.1, 0.15) is 39.7 Å². The van der Waals surface area contributed by atoms with E-state index in [1.54, 1.807) is 19.4 Å².